The Hall–Kier alpha value is -2.92. The summed E-state index contributed by atoms with van der Waals surface area (Å²) in [5.74, 6) is 3.97. The normalized spacial score (nSPS) is 13.6. The maximum atomic E-state index is 13.3. The lowest BCUT2D eigenvalue weighted by atomic mass is 9.82. The fourth-order valence-corrected chi connectivity index (χ4v) is 3.76. The van der Waals surface area contributed by atoms with Gasteiger partial charge in [-0.25, -0.2) is 5.84 Å². The van der Waals surface area contributed by atoms with E-state index in [1.165, 1.54) is 0 Å². The van der Waals surface area contributed by atoms with Crippen LogP contribution in [0, 0.1) is 6.92 Å². The summed E-state index contributed by atoms with van der Waals surface area (Å²) in [7, 11) is 0. The average molecular weight is 437 g/mol. The van der Waals surface area contributed by atoms with E-state index in [9.17, 15) is 9.59 Å². The van der Waals surface area contributed by atoms with Gasteiger partial charge in [0.2, 0.25) is 5.91 Å². The standard InChI is InChI=1S/C27H36N2O3/c1-6-11-22(25(30)29-28)21-17-16-19(2)18-24(21)23(26(31)32-27(3,4)5)15-10-14-20-12-8-7-9-13-20/h7-10,12-14,16-18,22-23H,6,11,15,28H2,1-5H3,(H,29,30)/b14-10+/t22-,23+/m1/s1. The fourth-order valence-electron chi connectivity index (χ4n) is 3.76. The van der Waals surface area contributed by atoms with E-state index in [1.807, 2.05) is 95.3 Å². The second-order valence-electron chi connectivity index (χ2n) is 9.12. The largest absolute Gasteiger partial charge is 0.459 e. The maximum Gasteiger partial charge on any atom is 0.314 e. The molecule has 1 amide bonds. The third-order valence-corrected chi connectivity index (χ3v) is 5.20. The number of hydrazine groups is 1. The summed E-state index contributed by atoms with van der Waals surface area (Å²) in [5.41, 5.74) is 5.41. The number of hydrogen-bond donors (Lipinski definition) is 2. The van der Waals surface area contributed by atoms with Gasteiger partial charge in [-0.2, -0.15) is 0 Å². The third-order valence-electron chi connectivity index (χ3n) is 5.20. The van der Waals surface area contributed by atoms with Gasteiger partial charge in [0.15, 0.2) is 0 Å². The molecule has 172 valence electrons. The number of allylic oxidation sites excluding steroid dienone is 1. The summed E-state index contributed by atoms with van der Waals surface area (Å²) in [6, 6.07) is 15.9. The second-order valence-corrected chi connectivity index (χ2v) is 9.12. The van der Waals surface area contributed by atoms with Crippen molar-refractivity contribution in [2.24, 2.45) is 5.84 Å². The van der Waals surface area contributed by atoms with E-state index in [0.717, 1.165) is 28.7 Å². The number of esters is 1. The molecule has 0 unspecified atom stereocenters. The molecule has 0 saturated heterocycles. The molecular formula is C27H36N2O3. The Morgan fingerprint density at radius 3 is 2.34 bits per heavy atom. The van der Waals surface area contributed by atoms with Crippen molar-refractivity contribution in [2.45, 2.75) is 71.3 Å². The van der Waals surface area contributed by atoms with E-state index < -0.39 is 17.4 Å². The van der Waals surface area contributed by atoms with Gasteiger partial charge >= 0.3 is 5.97 Å². The number of benzene rings is 2. The minimum absolute atomic E-state index is 0.250. The number of hydrogen-bond acceptors (Lipinski definition) is 4. The Kier molecular flexibility index (Phi) is 9.21. The molecular weight excluding hydrogens is 400 g/mol. The van der Waals surface area contributed by atoms with Crippen molar-refractivity contribution >= 4 is 18.0 Å². The maximum absolute atomic E-state index is 13.3. The smallest absolute Gasteiger partial charge is 0.314 e. The second kappa shape index (κ2) is 11.6. The summed E-state index contributed by atoms with van der Waals surface area (Å²) in [6.07, 6.45) is 5.91. The molecule has 0 aliphatic rings. The highest BCUT2D eigenvalue weighted by Gasteiger charge is 2.31. The van der Waals surface area contributed by atoms with E-state index >= 15 is 0 Å². The predicted molar refractivity (Wildman–Crippen MR) is 130 cm³/mol. The predicted octanol–water partition coefficient (Wildman–Crippen LogP) is 5.40. The van der Waals surface area contributed by atoms with Crippen LogP contribution in [0.3, 0.4) is 0 Å². The molecule has 2 atom stereocenters. The van der Waals surface area contributed by atoms with Crippen molar-refractivity contribution in [1.82, 2.24) is 5.43 Å². The Bertz CT molecular complexity index is 930. The summed E-state index contributed by atoms with van der Waals surface area (Å²) < 4.78 is 5.78. The first kappa shape index (κ1) is 25.3. The lowest BCUT2D eigenvalue weighted by Gasteiger charge is -2.27. The minimum atomic E-state index is -0.611. The summed E-state index contributed by atoms with van der Waals surface area (Å²) >= 11 is 0. The van der Waals surface area contributed by atoms with Gasteiger partial charge in [-0.05, 0) is 57.2 Å². The third kappa shape index (κ3) is 7.34. The van der Waals surface area contributed by atoms with Gasteiger partial charge in [0, 0.05) is 0 Å². The molecule has 0 aliphatic heterocycles. The highest BCUT2D eigenvalue weighted by molar-refractivity contribution is 5.85. The number of carbonyl (C=O) groups is 2. The number of carbonyl (C=O) groups excluding carboxylic acids is 2. The van der Waals surface area contributed by atoms with Gasteiger partial charge in [0.05, 0.1) is 11.8 Å². The number of amides is 1. The highest BCUT2D eigenvalue weighted by atomic mass is 16.6. The fraction of sp³-hybridized carbons (Fsp3) is 0.407. The zero-order chi connectivity index (χ0) is 23.7. The van der Waals surface area contributed by atoms with Crippen molar-refractivity contribution < 1.29 is 14.3 Å². The highest BCUT2D eigenvalue weighted by Crippen LogP contribution is 2.34. The first-order chi connectivity index (χ1) is 15.2. The van der Waals surface area contributed by atoms with Crippen LogP contribution in [0.15, 0.2) is 54.6 Å². The minimum Gasteiger partial charge on any atom is -0.459 e. The van der Waals surface area contributed by atoms with Gasteiger partial charge in [0.25, 0.3) is 0 Å². The van der Waals surface area contributed by atoms with Crippen LogP contribution in [0.25, 0.3) is 6.08 Å². The molecule has 0 fully saturated rings. The van der Waals surface area contributed by atoms with Gasteiger partial charge in [-0.1, -0.05) is 79.6 Å². The SMILES string of the molecule is CCC[C@@H](C(=O)NN)c1ccc(C)cc1[C@H](C/C=C/c1ccccc1)C(=O)OC(C)(C)C. The van der Waals surface area contributed by atoms with Crippen LogP contribution in [0.2, 0.25) is 0 Å². The van der Waals surface area contributed by atoms with Crippen LogP contribution in [0.4, 0.5) is 0 Å². The molecule has 0 heterocycles. The monoisotopic (exact) mass is 436 g/mol. The summed E-state index contributed by atoms with van der Waals surface area (Å²) in [4.78, 5) is 25.9. The van der Waals surface area contributed by atoms with Crippen LogP contribution >= 0.6 is 0 Å². The summed E-state index contributed by atoms with van der Waals surface area (Å²) in [5, 5.41) is 0. The van der Waals surface area contributed by atoms with Crippen molar-refractivity contribution in [1.29, 1.82) is 0 Å². The number of nitrogens with two attached hydrogens (primary N) is 1. The number of aryl methyl sites for hydroxylation is 1. The Morgan fingerprint density at radius 1 is 1.06 bits per heavy atom. The van der Waals surface area contributed by atoms with Gasteiger partial charge < -0.3 is 4.74 Å². The molecule has 0 saturated carbocycles. The van der Waals surface area contributed by atoms with E-state index in [1.54, 1.807) is 0 Å². The molecule has 5 heteroatoms. The lowest BCUT2D eigenvalue weighted by Crippen LogP contribution is -2.35. The molecule has 32 heavy (non-hydrogen) atoms. The van der Waals surface area contributed by atoms with E-state index in [0.29, 0.717) is 12.8 Å². The summed E-state index contributed by atoms with van der Waals surface area (Å²) in [6.45, 7) is 9.59. The molecule has 0 radical (unpaired) electrons. The zero-order valence-electron chi connectivity index (χ0n) is 19.9. The molecule has 2 aromatic rings. The number of rotatable bonds is 9. The molecule has 0 spiro atoms. The van der Waals surface area contributed by atoms with Crippen LogP contribution in [0.5, 0.6) is 0 Å². The molecule has 3 N–H and O–H groups in total. The molecule has 2 rings (SSSR count). The van der Waals surface area contributed by atoms with Crippen molar-refractivity contribution in [2.75, 3.05) is 0 Å². The van der Waals surface area contributed by atoms with Crippen LogP contribution in [0.1, 0.15) is 81.0 Å². The van der Waals surface area contributed by atoms with E-state index in [-0.39, 0.29) is 11.9 Å². The van der Waals surface area contributed by atoms with Gasteiger partial charge in [-0.3, -0.25) is 15.0 Å². The van der Waals surface area contributed by atoms with Gasteiger partial charge in [-0.15, -0.1) is 0 Å². The Balaban J connectivity index is 2.51. The zero-order valence-corrected chi connectivity index (χ0v) is 19.9. The molecule has 2 aromatic carbocycles. The topological polar surface area (TPSA) is 81.4 Å². The number of nitrogens with one attached hydrogen (secondary N) is 1. The lowest BCUT2D eigenvalue weighted by molar-refractivity contribution is -0.156. The van der Waals surface area contributed by atoms with E-state index in [2.05, 4.69) is 5.43 Å². The molecule has 0 aliphatic carbocycles. The Labute approximate surface area is 192 Å². The quantitative estimate of drug-likeness (QED) is 0.239. The van der Waals surface area contributed by atoms with Crippen LogP contribution in [-0.2, 0) is 14.3 Å². The van der Waals surface area contributed by atoms with Gasteiger partial charge in [0.1, 0.15) is 5.60 Å². The van der Waals surface area contributed by atoms with Crippen molar-refractivity contribution in [3.8, 4) is 0 Å². The molecule has 5 nitrogen and oxygen atoms in total. The number of ether oxygens (including phenoxy) is 1. The average Bonchev–Trinajstić information content (AvgIpc) is 2.74. The first-order valence-electron chi connectivity index (χ1n) is 11.2. The molecule has 0 bridgehead atoms. The molecule has 0 aromatic heterocycles. The first-order valence-corrected chi connectivity index (χ1v) is 11.2. The van der Waals surface area contributed by atoms with Crippen LogP contribution < -0.4 is 11.3 Å². The van der Waals surface area contributed by atoms with Crippen molar-refractivity contribution in [3.63, 3.8) is 0 Å². The van der Waals surface area contributed by atoms with Crippen molar-refractivity contribution in [3.05, 3.63) is 76.9 Å². The van der Waals surface area contributed by atoms with Crippen LogP contribution in [-0.4, -0.2) is 17.5 Å². The van der Waals surface area contributed by atoms with E-state index in [4.69, 9.17) is 10.6 Å². The Morgan fingerprint density at radius 2 is 1.75 bits per heavy atom.